The number of ether oxygens (including phenoxy) is 1. The molecular weight excluding hydrogens is 885 g/mol. The van der Waals surface area contributed by atoms with Crippen molar-refractivity contribution in [3.63, 3.8) is 0 Å². The van der Waals surface area contributed by atoms with Gasteiger partial charge >= 0.3 is 0 Å². The highest BCUT2D eigenvalue weighted by Crippen LogP contribution is 2.42. The van der Waals surface area contributed by atoms with Gasteiger partial charge in [0.25, 0.3) is 0 Å². The van der Waals surface area contributed by atoms with Gasteiger partial charge in [0.05, 0.1) is 47.4 Å². The molecule has 0 radical (unpaired) electrons. The predicted octanol–water partition coefficient (Wildman–Crippen LogP) is 10.7. The fraction of sp³-hybridized carbons (Fsp3) is 0.745. The topological polar surface area (TPSA) is 153 Å². The maximum atomic E-state index is 13.5. The van der Waals surface area contributed by atoms with E-state index < -0.39 is 69.3 Å². The van der Waals surface area contributed by atoms with E-state index in [1.54, 1.807) is 36.4 Å². The highest BCUT2D eigenvalue weighted by molar-refractivity contribution is 7.89. The zero-order valence-corrected chi connectivity index (χ0v) is 47.4. The maximum Gasteiger partial charge on any atom is 0.240 e. The Balaban J connectivity index is 0.000000445. The van der Waals surface area contributed by atoms with E-state index in [0.29, 0.717) is 19.4 Å². The second kappa shape index (κ2) is 22.2. The molecule has 1 aliphatic heterocycles. The Hall–Kier alpha value is -1.29. The highest BCUT2D eigenvalue weighted by atomic mass is 32.2. The van der Waals surface area contributed by atoms with Gasteiger partial charge in [-0.2, -0.15) is 0 Å². The molecule has 0 aromatic heterocycles. The Morgan fingerprint density at radius 3 is 1.35 bits per heavy atom. The Kier molecular flexibility index (Phi) is 20.4. The molecule has 2 aromatic carbocycles. The van der Waals surface area contributed by atoms with Gasteiger partial charge in [-0.15, -0.1) is 0 Å². The number of sulfonamides is 2. The molecule has 364 valence electrons. The lowest BCUT2D eigenvalue weighted by Gasteiger charge is -2.42. The van der Waals surface area contributed by atoms with Crippen molar-refractivity contribution in [1.82, 2.24) is 9.44 Å². The molecule has 0 aliphatic carbocycles. The zero-order chi connectivity index (χ0) is 48.8. The molecule has 0 saturated carbocycles. The van der Waals surface area contributed by atoms with E-state index in [4.69, 9.17) is 18.0 Å². The zero-order valence-electron chi connectivity index (χ0n) is 42.7. The highest BCUT2D eigenvalue weighted by Gasteiger charge is 2.53. The molecule has 1 saturated heterocycles. The second-order valence-electron chi connectivity index (χ2n) is 22.4. The van der Waals surface area contributed by atoms with Crippen molar-refractivity contribution in [2.75, 3.05) is 13.2 Å². The minimum absolute atomic E-state index is 0.00516. The number of epoxide rings is 1. The molecule has 1 aliphatic rings. The summed E-state index contributed by atoms with van der Waals surface area (Å²) < 4.78 is 84.5. The molecule has 1 fully saturated rings. The summed E-state index contributed by atoms with van der Waals surface area (Å²) in [6.07, 6.45) is 1.08. The van der Waals surface area contributed by atoms with Gasteiger partial charge in [0.2, 0.25) is 20.0 Å². The number of aliphatic hydroxyl groups is 1. The molecule has 2 aromatic rings. The number of rotatable bonds is 21. The van der Waals surface area contributed by atoms with Gasteiger partial charge in [-0.3, -0.25) is 0 Å². The number of benzene rings is 2. The average Bonchev–Trinajstić information content (AvgIpc) is 3.93. The normalized spacial score (nSPS) is 19.4. The first kappa shape index (κ1) is 57.8. The van der Waals surface area contributed by atoms with Crippen molar-refractivity contribution in [3.8, 4) is 0 Å². The van der Waals surface area contributed by atoms with Crippen molar-refractivity contribution >= 4 is 45.0 Å². The van der Waals surface area contributed by atoms with Gasteiger partial charge in [0.1, 0.15) is 6.10 Å². The third kappa shape index (κ3) is 17.1. The summed E-state index contributed by atoms with van der Waals surface area (Å²) in [7, 11) is -13.8. The number of aliphatic hydroxyl groups excluding tert-OH is 1. The largest absolute Gasteiger partial charge is 0.415 e. The Morgan fingerprint density at radius 2 is 1.02 bits per heavy atom. The van der Waals surface area contributed by atoms with Crippen LogP contribution in [0.2, 0.25) is 54.4 Å². The monoisotopic (exact) mass is 973 g/mol. The van der Waals surface area contributed by atoms with Gasteiger partial charge in [-0.25, -0.2) is 26.3 Å². The minimum Gasteiger partial charge on any atom is -0.415 e. The van der Waals surface area contributed by atoms with Crippen LogP contribution < -0.4 is 9.44 Å². The number of hydrogen-bond acceptors (Lipinski definition) is 9. The third-order valence-electron chi connectivity index (χ3n) is 13.9. The SMILES string of the molecule is CCC(O)CC(C)C(CO[Si](C)(C)C(C)(C)C)NS(=O)(=O)c1ccc(C)cc1.CCC1OC1C(O[Si](C)(C)C(C)(C)C)C(CO[Si](C)(C)C(C)(C)C)NS(=O)(=O)c1ccc(C)cc1. The molecule has 7 unspecified atom stereocenters. The van der Waals surface area contributed by atoms with E-state index in [1.807, 2.05) is 39.8 Å². The molecule has 1 heterocycles. The van der Waals surface area contributed by atoms with E-state index in [2.05, 4.69) is 118 Å². The Bertz CT molecular complexity index is 1940. The number of hydrogen-bond donors (Lipinski definition) is 3. The van der Waals surface area contributed by atoms with Gasteiger partial charge in [0.15, 0.2) is 25.0 Å². The molecule has 0 spiro atoms. The molecule has 16 heteroatoms. The van der Waals surface area contributed by atoms with E-state index in [9.17, 15) is 21.9 Å². The molecule has 63 heavy (non-hydrogen) atoms. The van der Waals surface area contributed by atoms with Crippen LogP contribution in [0.4, 0.5) is 0 Å². The van der Waals surface area contributed by atoms with Crippen LogP contribution in [-0.4, -0.2) is 96.6 Å². The van der Waals surface area contributed by atoms with Crippen LogP contribution in [0.5, 0.6) is 0 Å². The molecule has 0 amide bonds. The van der Waals surface area contributed by atoms with E-state index >= 15 is 0 Å². The first-order valence-electron chi connectivity index (χ1n) is 22.9. The van der Waals surface area contributed by atoms with Crippen LogP contribution in [0.1, 0.15) is 113 Å². The first-order valence-corrected chi connectivity index (χ1v) is 34.6. The van der Waals surface area contributed by atoms with Crippen LogP contribution in [0.15, 0.2) is 58.3 Å². The summed E-state index contributed by atoms with van der Waals surface area (Å²) in [4.78, 5) is 0.494. The Labute approximate surface area is 388 Å². The van der Waals surface area contributed by atoms with E-state index in [1.165, 1.54) is 0 Å². The maximum absolute atomic E-state index is 13.5. The quantitative estimate of drug-likeness (QED) is 0.0820. The van der Waals surface area contributed by atoms with E-state index in [0.717, 1.165) is 17.5 Å². The smallest absolute Gasteiger partial charge is 0.240 e. The fourth-order valence-corrected chi connectivity index (χ4v) is 11.9. The summed E-state index contributed by atoms with van der Waals surface area (Å²) in [6.45, 7) is 43.1. The third-order valence-corrected chi connectivity index (χ3v) is 30.4. The van der Waals surface area contributed by atoms with E-state index in [-0.39, 0.29) is 49.6 Å². The van der Waals surface area contributed by atoms with Crippen LogP contribution in [0.3, 0.4) is 0 Å². The van der Waals surface area contributed by atoms with Crippen LogP contribution >= 0.6 is 0 Å². The van der Waals surface area contributed by atoms with Crippen LogP contribution in [0.25, 0.3) is 0 Å². The molecule has 0 bridgehead atoms. The summed E-state index contributed by atoms with van der Waals surface area (Å²) in [5.41, 5.74) is 2.02. The van der Waals surface area contributed by atoms with Crippen LogP contribution in [0, 0.1) is 19.8 Å². The summed E-state index contributed by atoms with van der Waals surface area (Å²) in [5, 5.41) is 10.1. The first-order chi connectivity index (χ1) is 28.4. The summed E-state index contributed by atoms with van der Waals surface area (Å²) in [5.74, 6) is -0.0556. The lowest BCUT2D eigenvalue weighted by molar-refractivity contribution is 0.0857. The van der Waals surface area contributed by atoms with Gasteiger partial charge in [-0.05, 0) is 118 Å². The molecule has 3 rings (SSSR count). The van der Waals surface area contributed by atoms with Crippen molar-refractivity contribution in [1.29, 1.82) is 0 Å². The lowest BCUT2D eigenvalue weighted by Crippen LogP contribution is -2.57. The second-order valence-corrected chi connectivity index (χ2v) is 40.2. The minimum atomic E-state index is -3.78. The fourth-order valence-electron chi connectivity index (χ4n) is 5.94. The number of aryl methyl sites for hydroxylation is 2. The molecule has 7 atom stereocenters. The average molecular weight is 974 g/mol. The van der Waals surface area contributed by atoms with Gasteiger partial charge in [0, 0.05) is 6.04 Å². The standard InChI is InChI=1S/C26H49NO5SSi2.C21H39NO4SSi/c1-13-22-24(31-22)23(32-35(11,12)26(6,7)8)21(18-30-34(9,10)25(3,4)5)27-33(28,29)20-16-14-19(2)15-17-20;1-9-18(23)14-17(3)20(15-26-28(7,8)21(4,5)6)22-27(24,25)19-12-10-16(2)11-13-19/h14-17,21-24,27H,13,18H2,1-12H3;10-13,17-18,20,22-23H,9,14-15H2,1-8H3. The lowest BCUT2D eigenvalue weighted by atomic mass is 9.95. The Morgan fingerprint density at radius 1 is 0.651 bits per heavy atom. The van der Waals surface area contributed by atoms with Gasteiger partial charge < -0.3 is 23.1 Å². The van der Waals surface area contributed by atoms with Crippen LogP contribution in [-0.2, 0) is 38.1 Å². The summed E-state index contributed by atoms with van der Waals surface area (Å²) >= 11 is 0. The predicted molar refractivity (Wildman–Crippen MR) is 268 cm³/mol. The van der Waals surface area contributed by atoms with Crippen molar-refractivity contribution in [3.05, 3.63) is 59.7 Å². The van der Waals surface area contributed by atoms with Crippen molar-refractivity contribution in [2.24, 2.45) is 5.92 Å². The molecule has 11 nitrogen and oxygen atoms in total. The molecule has 3 N–H and O–H groups in total. The summed E-state index contributed by atoms with van der Waals surface area (Å²) in [6, 6.07) is 12.8. The van der Waals surface area contributed by atoms with Crippen molar-refractivity contribution in [2.45, 2.75) is 217 Å². The van der Waals surface area contributed by atoms with Gasteiger partial charge in [-0.1, -0.05) is 118 Å². The number of nitrogens with one attached hydrogen (secondary N) is 2. The van der Waals surface area contributed by atoms with Crippen molar-refractivity contribution < 1.29 is 40.0 Å². The molecular formula is C47H88N2O9S2Si3.